The van der Waals surface area contributed by atoms with Crippen molar-refractivity contribution in [2.45, 2.75) is 27.9 Å². The monoisotopic (exact) mass is 279 g/mol. The number of benzene rings is 2. The van der Waals surface area contributed by atoms with E-state index in [1.54, 1.807) is 0 Å². The minimum Gasteiger partial charge on any atom is -0.0789 e. The van der Waals surface area contributed by atoms with E-state index in [4.69, 9.17) is 0 Å². The summed E-state index contributed by atoms with van der Waals surface area (Å²) >= 11 is 0. The second kappa shape index (κ2) is 5.72. The van der Waals surface area contributed by atoms with Gasteiger partial charge in [0.15, 0.2) is 14.5 Å². The van der Waals surface area contributed by atoms with Gasteiger partial charge in [0, 0.05) is 6.42 Å². The van der Waals surface area contributed by atoms with Crippen LogP contribution in [0.15, 0.2) is 94.8 Å². The van der Waals surface area contributed by atoms with Crippen molar-refractivity contribution in [2.24, 2.45) is 0 Å². The lowest BCUT2D eigenvalue weighted by molar-refractivity contribution is 0.782. The third kappa shape index (κ3) is 2.59. The van der Waals surface area contributed by atoms with Crippen molar-refractivity contribution in [2.75, 3.05) is 0 Å². The normalized spacial score (nSPS) is 21.3. The molecule has 1 atom stereocenters. The van der Waals surface area contributed by atoms with Crippen LogP contribution >= 0.6 is 0 Å². The number of hydrogen-bond acceptors (Lipinski definition) is 0. The summed E-state index contributed by atoms with van der Waals surface area (Å²) in [6, 6.07) is 21.8. The van der Waals surface area contributed by atoms with E-state index in [-0.39, 0.29) is 15.6 Å². The summed E-state index contributed by atoms with van der Waals surface area (Å²) in [7, 11) is 0.0587. The fourth-order valence-corrected chi connectivity index (χ4v) is 5.33. The molecule has 0 spiro atoms. The highest BCUT2D eigenvalue weighted by Gasteiger charge is 2.44. The molecule has 3 rings (SSSR count). The fraction of sp³-hybridized carbons (Fsp3) is 0.158. The van der Waals surface area contributed by atoms with E-state index in [9.17, 15) is 0 Å². The minimum atomic E-state index is 0.0587. The standard InChI is InChI=1S/C19H19S/c1-19(15-9-4-10-16-19)20(17-11-5-2-6-12-17)18-13-7-3-8-14-18/h2-15H,16H2,1H3/q+1. The zero-order valence-corrected chi connectivity index (χ0v) is 12.5. The summed E-state index contributed by atoms with van der Waals surface area (Å²) in [6.45, 7) is 2.37. The minimum absolute atomic E-state index is 0.0587. The Hall–Kier alpha value is -1.73. The Balaban J connectivity index is 2.09. The van der Waals surface area contributed by atoms with Gasteiger partial charge in [0.1, 0.15) is 0 Å². The van der Waals surface area contributed by atoms with Crippen LogP contribution < -0.4 is 0 Å². The molecule has 0 aromatic heterocycles. The van der Waals surface area contributed by atoms with Crippen molar-refractivity contribution in [3.05, 3.63) is 85.0 Å². The summed E-state index contributed by atoms with van der Waals surface area (Å²) < 4.78 is 0.164. The summed E-state index contributed by atoms with van der Waals surface area (Å²) in [6.07, 6.45) is 10.1. The summed E-state index contributed by atoms with van der Waals surface area (Å²) in [5.41, 5.74) is 0. The lowest BCUT2D eigenvalue weighted by atomic mass is 10.0. The van der Waals surface area contributed by atoms with E-state index in [1.807, 2.05) is 0 Å². The van der Waals surface area contributed by atoms with Gasteiger partial charge in [0.25, 0.3) is 0 Å². The van der Waals surface area contributed by atoms with E-state index in [2.05, 4.69) is 91.9 Å². The molecule has 0 saturated heterocycles. The SMILES string of the molecule is CC1([S+](c2ccccc2)c2ccccc2)C=CC=CC1. The van der Waals surface area contributed by atoms with Crippen LogP contribution in [0.25, 0.3) is 0 Å². The third-order valence-electron chi connectivity index (χ3n) is 3.64. The first-order valence-electron chi connectivity index (χ1n) is 6.98. The van der Waals surface area contributed by atoms with Crippen LogP contribution in [-0.4, -0.2) is 4.75 Å². The van der Waals surface area contributed by atoms with Gasteiger partial charge < -0.3 is 0 Å². The molecule has 0 aliphatic heterocycles. The number of allylic oxidation sites excluding steroid dienone is 3. The van der Waals surface area contributed by atoms with Gasteiger partial charge in [-0.15, -0.1) is 0 Å². The van der Waals surface area contributed by atoms with Crippen molar-refractivity contribution in [1.82, 2.24) is 0 Å². The van der Waals surface area contributed by atoms with Gasteiger partial charge in [0.05, 0.1) is 10.9 Å². The Bertz CT molecular complexity index is 573. The van der Waals surface area contributed by atoms with E-state index in [1.165, 1.54) is 9.79 Å². The van der Waals surface area contributed by atoms with Gasteiger partial charge in [0.2, 0.25) is 0 Å². The molecule has 2 aromatic carbocycles. The van der Waals surface area contributed by atoms with Crippen molar-refractivity contribution in [3.8, 4) is 0 Å². The average Bonchev–Trinajstić information content (AvgIpc) is 2.50. The smallest absolute Gasteiger partial charge is 0.0789 e. The molecule has 0 saturated carbocycles. The Morgan fingerprint density at radius 1 is 0.800 bits per heavy atom. The molecule has 1 heteroatoms. The molecule has 0 N–H and O–H groups in total. The summed E-state index contributed by atoms with van der Waals surface area (Å²) in [5, 5.41) is 0. The van der Waals surface area contributed by atoms with Crippen LogP contribution in [0.3, 0.4) is 0 Å². The molecule has 0 radical (unpaired) electrons. The third-order valence-corrected chi connectivity index (χ3v) is 6.37. The molecule has 1 unspecified atom stereocenters. The maximum absolute atomic E-state index is 2.37. The van der Waals surface area contributed by atoms with Gasteiger partial charge >= 0.3 is 0 Å². The van der Waals surface area contributed by atoms with Gasteiger partial charge in [-0.2, -0.15) is 0 Å². The second-order valence-electron chi connectivity index (χ2n) is 5.24. The highest BCUT2D eigenvalue weighted by molar-refractivity contribution is 7.98. The molecule has 0 bridgehead atoms. The van der Waals surface area contributed by atoms with Crippen molar-refractivity contribution in [3.63, 3.8) is 0 Å². The van der Waals surface area contributed by atoms with E-state index >= 15 is 0 Å². The first-order chi connectivity index (χ1) is 9.80. The van der Waals surface area contributed by atoms with Gasteiger partial charge in [-0.1, -0.05) is 54.6 Å². The van der Waals surface area contributed by atoms with Crippen LogP contribution in [0.4, 0.5) is 0 Å². The molecule has 0 amide bonds. The number of hydrogen-bond donors (Lipinski definition) is 0. The molecule has 1 aliphatic rings. The topological polar surface area (TPSA) is 0 Å². The predicted molar refractivity (Wildman–Crippen MR) is 88.1 cm³/mol. The second-order valence-corrected chi connectivity index (χ2v) is 7.72. The van der Waals surface area contributed by atoms with E-state index in [0.717, 1.165) is 6.42 Å². The zero-order valence-electron chi connectivity index (χ0n) is 11.7. The maximum atomic E-state index is 2.37. The molecule has 1 aliphatic carbocycles. The largest absolute Gasteiger partial charge is 0.161 e. The fourth-order valence-electron chi connectivity index (χ4n) is 2.65. The van der Waals surface area contributed by atoms with Gasteiger partial charge in [-0.3, -0.25) is 0 Å². The first-order valence-corrected chi connectivity index (χ1v) is 8.21. The number of rotatable bonds is 3. The molecule has 20 heavy (non-hydrogen) atoms. The van der Waals surface area contributed by atoms with Crippen LogP contribution in [0.5, 0.6) is 0 Å². The molecule has 0 fully saturated rings. The quantitative estimate of drug-likeness (QED) is 0.694. The molecular formula is C19H19S+. The average molecular weight is 279 g/mol. The van der Waals surface area contributed by atoms with Crippen LogP contribution in [-0.2, 0) is 10.9 Å². The maximum Gasteiger partial charge on any atom is 0.161 e. The Kier molecular flexibility index (Phi) is 3.79. The van der Waals surface area contributed by atoms with Crippen LogP contribution in [0.2, 0.25) is 0 Å². The highest BCUT2D eigenvalue weighted by Crippen LogP contribution is 2.39. The molecule has 0 nitrogen and oxygen atoms in total. The van der Waals surface area contributed by atoms with Crippen LogP contribution in [0.1, 0.15) is 13.3 Å². The van der Waals surface area contributed by atoms with Crippen LogP contribution in [0, 0.1) is 0 Å². The van der Waals surface area contributed by atoms with Gasteiger partial charge in [-0.25, -0.2) is 0 Å². The first kappa shape index (κ1) is 13.3. The van der Waals surface area contributed by atoms with Gasteiger partial charge in [-0.05, 0) is 37.3 Å². The van der Waals surface area contributed by atoms with E-state index in [0.29, 0.717) is 0 Å². The predicted octanol–water partition coefficient (Wildman–Crippen LogP) is 5.00. The van der Waals surface area contributed by atoms with Crippen molar-refractivity contribution >= 4 is 10.9 Å². The summed E-state index contributed by atoms with van der Waals surface area (Å²) in [5.74, 6) is 0. The summed E-state index contributed by atoms with van der Waals surface area (Å²) in [4.78, 5) is 2.84. The van der Waals surface area contributed by atoms with Crippen molar-refractivity contribution < 1.29 is 0 Å². The molecule has 100 valence electrons. The Morgan fingerprint density at radius 2 is 1.35 bits per heavy atom. The highest BCUT2D eigenvalue weighted by atomic mass is 32.2. The van der Waals surface area contributed by atoms with E-state index < -0.39 is 0 Å². The van der Waals surface area contributed by atoms with Crippen molar-refractivity contribution in [1.29, 1.82) is 0 Å². The Labute approximate surface area is 124 Å². The Morgan fingerprint density at radius 3 is 1.80 bits per heavy atom. The zero-order chi connectivity index (χ0) is 13.8. The molecule has 0 heterocycles. The molecular weight excluding hydrogens is 260 g/mol. The lowest BCUT2D eigenvalue weighted by Gasteiger charge is -2.27. The lowest BCUT2D eigenvalue weighted by Crippen LogP contribution is -2.34. The molecule has 2 aromatic rings.